The topological polar surface area (TPSA) is 38.9 Å². The van der Waals surface area contributed by atoms with Crippen LogP contribution < -0.4 is 5.73 Å². The fourth-order valence-electron chi connectivity index (χ4n) is 2.62. The van der Waals surface area contributed by atoms with Crippen LogP contribution in [0.15, 0.2) is 48.7 Å². The van der Waals surface area contributed by atoms with Crippen LogP contribution in [-0.4, -0.2) is 4.98 Å². The summed E-state index contributed by atoms with van der Waals surface area (Å²) in [5, 5.41) is 0. The number of hydrogen-bond acceptors (Lipinski definition) is 2. The van der Waals surface area contributed by atoms with E-state index in [9.17, 15) is 0 Å². The molecule has 0 bridgehead atoms. The number of nitrogens with zero attached hydrogens (tertiary/aromatic N) is 1. The number of aromatic nitrogens is 1. The van der Waals surface area contributed by atoms with E-state index in [0.717, 1.165) is 11.3 Å². The van der Waals surface area contributed by atoms with Gasteiger partial charge in [-0.1, -0.05) is 36.4 Å². The molecule has 92 valence electrons. The van der Waals surface area contributed by atoms with Gasteiger partial charge in [-0.15, -0.1) is 0 Å². The van der Waals surface area contributed by atoms with Crippen molar-refractivity contribution in [3.8, 4) is 0 Å². The van der Waals surface area contributed by atoms with Crippen LogP contribution >= 0.6 is 0 Å². The fraction of sp³-hybridized carbons (Fsp3) is 0.312. The van der Waals surface area contributed by atoms with Crippen LogP contribution in [0.1, 0.15) is 35.2 Å². The van der Waals surface area contributed by atoms with Crippen molar-refractivity contribution in [3.05, 3.63) is 65.5 Å². The van der Waals surface area contributed by atoms with Gasteiger partial charge in [0, 0.05) is 17.9 Å². The van der Waals surface area contributed by atoms with Gasteiger partial charge < -0.3 is 5.73 Å². The molecule has 3 unspecified atom stereocenters. The van der Waals surface area contributed by atoms with E-state index in [0.29, 0.717) is 11.8 Å². The summed E-state index contributed by atoms with van der Waals surface area (Å²) in [6, 6.07) is 14.9. The Hall–Kier alpha value is -1.67. The van der Waals surface area contributed by atoms with Crippen molar-refractivity contribution in [2.45, 2.75) is 25.3 Å². The van der Waals surface area contributed by atoms with Gasteiger partial charge in [-0.05, 0) is 42.4 Å². The maximum Gasteiger partial charge on any atom is 0.0372 e. The van der Waals surface area contributed by atoms with Gasteiger partial charge in [-0.2, -0.15) is 0 Å². The van der Waals surface area contributed by atoms with Gasteiger partial charge in [-0.3, -0.25) is 4.98 Å². The van der Waals surface area contributed by atoms with E-state index in [1.54, 1.807) is 0 Å². The summed E-state index contributed by atoms with van der Waals surface area (Å²) < 4.78 is 0. The average molecular weight is 238 g/mol. The minimum absolute atomic E-state index is 0.114. The van der Waals surface area contributed by atoms with Gasteiger partial charge >= 0.3 is 0 Å². The lowest BCUT2D eigenvalue weighted by atomic mass is 10.0. The summed E-state index contributed by atoms with van der Waals surface area (Å²) in [6.45, 7) is 2.00. The number of hydrogen-bond donors (Lipinski definition) is 1. The van der Waals surface area contributed by atoms with Crippen molar-refractivity contribution in [2.24, 2.45) is 11.7 Å². The Morgan fingerprint density at radius 1 is 1.17 bits per heavy atom. The summed E-state index contributed by atoms with van der Waals surface area (Å²) in [5.41, 5.74) is 9.95. The van der Waals surface area contributed by atoms with E-state index >= 15 is 0 Å². The first-order valence-electron chi connectivity index (χ1n) is 6.49. The van der Waals surface area contributed by atoms with E-state index in [4.69, 9.17) is 5.73 Å². The molecule has 2 aromatic rings. The smallest absolute Gasteiger partial charge is 0.0372 e. The van der Waals surface area contributed by atoms with Crippen molar-refractivity contribution in [2.75, 3.05) is 0 Å². The van der Waals surface area contributed by atoms with Gasteiger partial charge in [-0.25, -0.2) is 0 Å². The van der Waals surface area contributed by atoms with E-state index < -0.39 is 0 Å². The second-order valence-corrected chi connectivity index (χ2v) is 5.18. The highest BCUT2D eigenvalue weighted by atomic mass is 14.7. The Kier molecular flexibility index (Phi) is 2.88. The van der Waals surface area contributed by atoms with Gasteiger partial charge in [0.25, 0.3) is 0 Å². The third-order valence-electron chi connectivity index (χ3n) is 3.85. The number of pyridine rings is 1. The molecule has 1 aliphatic rings. The summed E-state index contributed by atoms with van der Waals surface area (Å²) in [6.07, 6.45) is 3.11. The standard InChI is InChI=1S/C16H18N2/c1-11-7-8-13(10-18-11)16(17)15-9-14(15)12-5-3-2-4-6-12/h2-8,10,14-16H,9,17H2,1H3. The minimum atomic E-state index is 0.114. The highest BCUT2D eigenvalue weighted by Gasteiger charge is 2.42. The van der Waals surface area contributed by atoms with Crippen LogP contribution in [0.25, 0.3) is 0 Å². The molecule has 2 nitrogen and oxygen atoms in total. The molecule has 2 heteroatoms. The molecule has 1 aromatic carbocycles. The van der Waals surface area contributed by atoms with E-state index in [-0.39, 0.29) is 6.04 Å². The monoisotopic (exact) mass is 238 g/mol. The first-order valence-corrected chi connectivity index (χ1v) is 6.49. The molecule has 2 N–H and O–H groups in total. The molecule has 18 heavy (non-hydrogen) atoms. The SMILES string of the molecule is Cc1ccc(C(N)C2CC2c2ccccc2)cn1. The highest BCUT2D eigenvalue weighted by molar-refractivity contribution is 5.29. The number of benzene rings is 1. The van der Waals surface area contributed by atoms with E-state index in [2.05, 4.69) is 41.4 Å². The largest absolute Gasteiger partial charge is 0.324 e. The Balaban J connectivity index is 1.73. The second kappa shape index (κ2) is 4.54. The van der Waals surface area contributed by atoms with E-state index in [1.165, 1.54) is 12.0 Å². The van der Waals surface area contributed by atoms with Crippen molar-refractivity contribution < 1.29 is 0 Å². The van der Waals surface area contributed by atoms with Crippen molar-refractivity contribution in [1.29, 1.82) is 0 Å². The molecule has 1 aliphatic carbocycles. The van der Waals surface area contributed by atoms with Gasteiger partial charge in [0.1, 0.15) is 0 Å². The zero-order valence-corrected chi connectivity index (χ0v) is 10.6. The first-order chi connectivity index (χ1) is 8.75. The summed E-state index contributed by atoms with van der Waals surface area (Å²) >= 11 is 0. The van der Waals surface area contributed by atoms with Crippen LogP contribution in [0.2, 0.25) is 0 Å². The van der Waals surface area contributed by atoms with Gasteiger partial charge in [0.2, 0.25) is 0 Å². The molecular formula is C16H18N2. The summed E-state index contributed by atoms with van der Waals surface area (Å²) in [7, 11) is 0. The molecular weight excluding hydrogens is 220 g/mol. The summed E-state index contributed by atoms with van der Waals surface area (Å²) in [5.74, 6) is 1.19. The number of nitrogens with two attached hydrogens (primary N) is 1. The lowest BCUT2D eigenvalue weighted by Crippen LogP contribution is -2.13. The molecule has 3 rings (SSSR count). The maximum atomic E-state index is 6.34. The molecule has 1 aromatic heterocycles. The molecule has 0 spiro atoms. The lowest BCUT2D eigenvalue weighted by Gasteiger charge is -2.11. The molecule has 3 atom stereocenters. The van der Waals surface area contributed by atoms with Crippen molar-refractivity contribution in [3.63, 3.8) is 0 Å². The zero-order chi connectivity index (χ0) is 12.5. The van der Waals surface area contributed by atoms with Crippen LogP contribution in [-0.2, 0) is 0 Å². The minimum Gasteiger partial charge on any atom is -0.324 e. The third-order valence-corrected chi connectivity index (χ3v) is 3.85. The average Bonchev–Trinajstić information content (AvgIpc) is 3.20. The van der Waals surface area contributed by atoms with Crippen molar-refractivity contribution >= 4 is 0 Å². The number of aryl methyl sites for hydroxylation is 1. The van der Waals surface area contributed by atoms with Crippen LogP contribution in [0, 0.1) is 12.8 Å². The predicted octanol–water partition coefficient (Wildman–Crippen LogP) is 3.19. The molecule has 1 saturated carbocycles. The second-order valence-electron chi connectivity index (χ2n) is 5.18. The molecule has 0 amide bonds. The van der Waals surface area contributed by atoms with Crippen LogP contribution in [0.4, 0.5) is 0 Å². The van der Waals surface area contributed by atoms with Gasteiger partial charge in [0.15, 0.2) is 0 Å². The zero-order valence-electron chi connectivity index (χ0n) is 10.6. The lowest BCUT2D eigenvalue weighted by molar-refractivity contribution is 0.613. The van der Waals surface area contributed by atoms with E-state index in [1.807, 2.05) is 19.2 Å². The first kappa shape index (κ1) is 11.4. The third kappa shape index (κ3) is 2.16. The Bertz CT molecular complexity index is 519. The van der Waals surface area contributed by atoms with Gasteiger partial charge in [0.05, 0.1) is 0 Å². The molecule has 0 saturated heterocycles. The van der Waals surface area contributed by atoms with Crippen LogP contribution in [0.3, 0.4) is 0 Å². The quantitative estimate of drug-likeness (QED) is 0.891. The Morgan fingerprint density at radius 2 is 1.94 bits per heavy atom. The normalized spacial score (nSPS) is 23.7. The summed E-state index contributed by atoms with van der Waals surface area (Å²) in [4.78, 5) is 4.33. The molecule has 0 radical (unpaired) electrons. The Labute approximate surface area is 108 Å². The molecule has 1 fully saturated rings. The molecule has 1 heterocycles. The van der Waals surface area contributed by atoms with Crippen molar-refractivity contribution in [1.82, 2.24) is 4.98 Å². The Morgan fingerprint density at radius 3 is 2.61 bits per heavy atom. The highest BCUT2D eigenvalue weighted by Crippen LogP contribution is 2.53. The van der Waals surface area contributed by atoms with Crippen LogP contribution in [0.5, 0.6) is 0 Å². The predicted molar refractivity (Wildman–Crippen MR) is 73.2 cm³/mol. The number of rotatable bonds is 3. The fourth-order valence-corrected chi connectivity index (χ4v) is 2.62. The molecule has 0 aliphatic heterocycles. The maximum absolute atomic E-state index is 6.34.